The first kappa shape index (κ1) is 15.0. The molecule has 0 aliphatic heterocycles. The van der Waals surface area contributed by atoms with Crippen LogP contribution in [0.4, 0.5) is 18.9 Å². The zero-order valence-electron chi connectivity index (χ0n) is 11.4. The van der Waals surface area contributed by atoms with Gasteiger partial charge < -0.3 is 14.7 Å². The molecule has 0 spiro atoms. The minimum absolute atomic E-state index is 0.110. The number of aliphatic hydroxyl groups excluding tert-OH is 1. The molecule has 1 fully saturated rings. The van der Waals surface area contributed by atoms with Gasteiger partial charge in [0, 0.05) is 17.3 Å². The van der Waals surface area contributed by atoms with E-state index in [9.17, 15) is 18.3 Å². The molecule has 20 heavy (non-hydrogen) atoms. The van der Waals surface area contributed by atoms with Gasteiger partial charge in [-0.15, -0.1) is 0 Å². The number of anilines is 1. The van der Waals surface area contributed by atoms with Gasteiger partial charge in [0.2, 0.25) is 0 Å². The van der Waals surface area contributed by atoms with E-state index in [4.69, 9.17) is 4.74 Å². The van der Waals surface area contributed by atoms with Crippen molar-refractivity contribution >= 4 is 5.69 Å². The summed E-state index contributed by atoms with van der Waals surface area (Å²) in [6.45, 7) is 0.518. The van der Waals surface area contributed by atoms with Crippen LogP contribution in [-0.2, 0) is 0 Å². The molecule has 0 unspecified atom stereocenters. The highest BCUT2D eigenvalue weighted by molar-refractivity contribution is 5.61. The number of hydrogen-bond acceptors (Lipinski definition) is 3. The molecule has 1 atom stereocenters. The molecule has 1 N–H and O–H groups in total. The Morgan fingerprint density at radius 2 is 2.05 bits per heavy atom. The van der Waals surface area contributed by atoms with E-state index in [1.165, 1.54) is 18.9 Å². The molecule has 1 aliphatic rings. The summed E-state index contributed by atoms with van der Waals surface area (Å²) < 4.78 is 43.4. The number of ether oxygens (including phenoxy) is 1. The Morgan fingerprint density at radius 3 is 2.50 bits per heavy atom. The van der Waals surface area contributed by atoms with Crippen LogP contribution in [0.1, 0.15) is 31.4 Å². The molecule has 0 saturated heterocycles. The van der Waals surface area contributed by atoms with Crippen molar-refractivity contribution in [3.63, 3.8) is 0 Å². The Labute approximate surface area is 116 Å². The van der Waals surface area contributed by atoms with E-state index >= 15 is 0 Å². The quantitative estimate of drug-likeness (QED) is 0.903. The Bertz CT molecular complexity index is 470. The van der Waals surface area contributed by atoms with E-state index in [1.807, 2.05) is 0 Å². The first-order valence-electron chi connectivity index (χ1n) is 6.52. The highest BCUT2D eigenvalue weighted by Crippen LogP contribution is 2.41. The topological polar surface area (TPSA) is 32.7 Å². The summed E-state index contributed by atoms with van der Waals surface area (Å²) in [6.07, 6.45) is -3.68. The SMILES string of the molecule is COc1cccc(N(CC(F)(F)F)C2CC2)c1[C@@H](C)O. The molecular formula is C14H18F3NO2. The average Bonchev–Trinajstić information content (AvgIpc) is 3.18. The lowest BCUT2D eigenvalue weighted by Gasteiger charge is -2.29. The zero-order valence-corrected chi connectivity index (χ0v) is 11.4. The van der Waals surface area contributed by atoms with Crippen molar-refractivity contribution in [1.82, 2.24) is 0 Å². The normalized spacial score (nSPS) is 16.9. The molecule has 112 valence electrons. The zero-order chi connectivity index (χ0) is 14.9. The van der Waals surface area contributed by atoms with Crippen LogP contribution in [0.25, 0.3) is 0 Å². The van der Waals surface area contributed by atoms with E-state index in [-0.39, 0.29) is 6.04 Å². The van der Waals surface area contributed by atoms with Crippen molar-refractivity contribution in [1.29, 1.82) is 0 Å². The summed E-state index contributed by atoms with van der Waals surface area (Å²) in [7, 11) is 1.44. The van der Waals surface area contributed by atoms with Gasteiger partial charge in [0.1, 0.15) is 12.3 Å². The second kappa shape index (κ2) is 5.52. The third kappa shape index (κ3) is 3.36. The van der Waals surface area contributed by atoms with E-state index in [0.29, 0.717) is 17.0 Å². The van der Waals surface area contributed by atoms with Crippen molar-refractivity contribution in [2.75, 3.05) is 18.6 Å². The molecule has 1 aliphatic carbocycles. The summed E-state index contributed by atoms with van der Waals surface area (Å²) in [5, 5.41) is 9.88. The van der Waals surface area contributed by atoms with Crippen molar-refractivity contribution < 1.29 is 23.0 Å². The number of hydrogen-bond donors (Lipinski definition) is 1. The van der Waals surface area contributed by atoms with Gasteiger partial charge in [-0.05, 0) is 31.9 Å². The Balaban J connectivity index is 2.42. The van der Waals surface area contributed by atoms with Gasteiger partial charge in [0.25, 0.3) is 0 Å². The van der Waals surface area contributed by atoms with Crippen LogP contribution in [0.3, 0.4) is 0 Å². The van der Waals surface area contributed by atoms with Gasteiger partial charge >= 0.3 is 6.18 Å². The van der Waals surface area contributed by atoms with Crippen molar-refractivity contribution in [3.8, 4) is 5.75 Å². The van der Waals surface area contributed by atoms with E-state index in [2.05, 4.69) is 0 Å². The monoisotopic (exact) mass is 289 g/mol. The van der Waals surface area contributed by atoms with E-state index < -0.39 is 18.8 Å². The molecule has 0 aromatic heterocycles. The van der Waals surface area contributed by atoms with Gasteiger partial charge in [0.15, 0.2) is 0 Å². The minimum atomic E-state index is -4.28. The van der Waals surface area contributed by atoms with E-state index in [0.717, 1.165) is 12.8 Å². The second-order valence-electron chi connectivity index (χ2n) is 5.04. The molecule has 1 aromatic carbocycles. The first-order valence-corrected chi connectivity index (χ1v) is 6.52. The number of aliphatic hydroxyl groups is 1. The second-order valence-corrected chi connectivity index (χ2v) is 5.04. The fourth-order valence-corrected chi connectivity index (χ4v) is 2.37. The maximum absolute atomic E-state index is 12.8. The van der Waals surface area contributed by atoms with Gasteiger partial charge in [0.05, 0.1) is 13.2 Å². The lowest BCUT2D eigenvalue weighted by atomic mass is 10.1. The summed E-state index contributed by atoms with van der Waals surface area (Å²) in [5.41, 5.74) is 0.810. The summed E-state index contributed by atoms with van der Waals surface area (Å²) >= 11 is 0. The first-order chi connectivity index (χ1) is 9.33. The highest BCUT2D eigenvalue weighted by atomic mass is 19.4. The molecule has 0 heterocycles. The predicted octanol–water partition coefficient (Wildman–Crippen LogP) is 3.28. The summed E-state index contributed by atoms with van der Waals surface area (Å²) in [5.74, 6) is 0.408. The Kier molecular flexibility index (Phi) is 4.13. The largest absolute Gasteiger partial charge is 0.496 e. The van der Waals surface area contributed by atoms with Crippen LogP contribution in [-0.4, -0.2) is 31.0 Å². The Hall–Kier alpha value is -1.43. The highest BCUT2D eigenvalue weighted by Gasteiger charge is 2.39. The third-order valence-electron chi connectivity index (χ3n) is 3.33. The van der Waals surface area contributed by atoms with Gasteiger partial charge in [-0.1, -0.05) is 6.07 Å². The van der Waals surface area contributed by atoms with Gasteiger partial charge in [-0.25, -0.2) is 0 Å². The standard InChI is InChI=1S/C14H18F3NO2/c1-9(19)13-11(4-3-5-12(13)20-2)18(10-6-7-10)8-14(15,16)17/h3-5,9-10,19H,6-8H2,1-2H3/t9-/m1/s1. The van der Waals surface area contributed by atoms with E-state index in [1.54, 1.807) is 18.2 Å². The fourth-order valence-electron chi connectivity index (χ4n) is 2.37. The lowest BCUT2D eigenvalue weighted by molar-refractivity contribution is -0.120. The predicted molar refractivity (Wildman–Crippen MR) is 70.1 cm³/mol. The third-order valence-corrected chi connectivity index (χ3v) is 3.33. The van der Waals surface area contributed by atoms with Crippen molar-refractivity contribution in [2.24, 2.45) is 0 Å². The van der Waals surface area contributed by atoms with Crippen molar-refractivity contribution in [3.05, 3.63) is 23.8 Å². The maximum Gasteiger partial charge on any atom is 0.405 e. The molecule has 0 radical (unpaired) electrons. The fraction of sp³-hybridized carbons (Fsp3) is 0.571. The summed E-state index contributed by atoms with van der Waals surface area (Å²) in [4.78, 5) is 1.32. The van der Waals surface area contributed by atoms with Crippen LogP contribution >= 0.6 is 0 Å². The lowest BCUT2D eigenvalue weighted by Crippen LogP contribution is -2.36. The minimum Gasteiger partial charge on any atom is -0.496 e. The number of benzene rings is 1. The number of halogens is 3. The number of alkyl halides is 3. The Morgan fingerprint density at radius 1 is 1.40 bits per heavy atom. The molecule has 0 amide bonds. The van der Waals surface area contributed by atoms with Crippen LogP contribution in [0.5, 0.6) is 5.75 Å². The van der Waals surface area contributed by atoms with Crippen LogP contribution in [0.2, 0.25) is 0 Å². The van der Waals surface area contributed by atoms with Crippen LogP contribution in [0.15, 0.2) is 18.2 Å². The van der Waals surface area contributed by atoms with Crippen LogP contribution < -0.4 is 9.64 Å². The average molecular weight is 289 g/mol. The molecule has 1 aromatic rings. The summed E-state index contributed by atoms with van der Waals surface area (Å²) in [6, 6.07) is 4.78. The smallest absolute Gasteiger partial charge is 0.405 e. The van der Waals surface area contributed by atoms with Gasteiger partial charge in [-0.3, -0.25) is 0 Å². The number of methoxy groups -OCH3 is 1. The van der Waals surface area contributed by atoms with Crippen LogP contribution in [0, 0.1) is 0 Å². The molecule has 2 rings (SSSR count). The number of nitrogens with zero attached hydrogens (tertiary/aromatic N) is 1. The maximum atomic E-state index is 12.8. The van der Waals surface area contributed by atoms with Gasteiger partial charge in [-0.2, -0.15) is 13.2 Å². The molecular weight excluding hydrogens is 271 g/mol. The molecule has 1 saturated carbocycles. The number of rotatable bonds is 5. The van der Waals surface area contributed by atoms with Crippen molar-refractivity contribution in [2.45, 2.75) is 38.1 Å². The molecule has 0 bridgehead atoms. The molecule has 6 heteroatoms. The molecule has 3 nitrogen and oxygen atoms in total.